The highest BCUT2D eigenvalue weighted by molar-refractivity contribution is 5.41. The summed E-state index contributed by atoms with van der Waals surface area (Å²) in [7, 11) is 0. The highest BCUT2D eigenvalue weighted by Crippen LogP contribution is 2.25. The Labute approximate surface area is 109 Å². The third kappa shape index (κ3) is 3.00. The van der Waals surface area contributed by atoms with Crippen molar-refractivity contribution in [3.05, 3.63) is 23.9 Å². The minimum atomic E-state index is -0.126. The van der Waals surface area contributed by atoms with Crippen molar-refractivity contribution in [2.45, 2.75) is 45.4 Å². The first kappa shape index (κ1) is 13.3. The highest BCUT2D eigenvalue weighted by atomic mass is 16.5. The van der Waals surface area contributed by atoms with Gasteiger partial charge in [0.05, 0.1) is 11.7 Å². The van der Waals surface area contributed by atoms with Crippen molar-refractivity contribution in [3.8, 4) is 0 Å². The SMILES string of the molecule is CC1CN(c2ccc([C@@H](C)N)cn2)CC(C)(C)O1. The predicted octanol–water partition coefficient (Wildman–Crippen LogP) is 2.10. The Morgan fingerprint density at radius 3 is 2.72 bits per heavy atom. The molecule has 0 aliphatic carbocycles. The number of nitrogens with two attached hydrogens (primary N) is 1. The minimum absolute atomic E-state index is 0.0339. The van der Waals surface area contributed by atoms with Crippen LogP contribution in [0.1, 0.15) is 39.3 Å². The van der Waals surface area contributed by atoms with E-state index in [0.29, 0.717) is 0 Å². The zero-order chi connectivity index (χ0) is 13.3. The molecule has 1 aliphatic rings. The number of morpholine rings is 1. The first-order valence-corrected chi connectivity index (χ1v) is 6.52. The fourth-order valence-corrected chi connectivity index (χ4v) is 2.48. The first-order chi connectivity index (χ1) is 8.37. The number of aromatic nitrogens is 1. The molecule has 0 saturated carbocycles. The number of pyridine rings is 1. The van der Waals surface area contributed by atoms with Gasteiger partial charge in [0.1, 0.15) is 5.82 Å². The van der Waals surface area contributed by atoms with Crippen LogP contribution >= 0.6 is 0 Å². The zero-order valence-electron chi connectivity index (χ0n) is 11.7. The molecule has 4 heteroatoms. The smallest absolute Gasteiger partial charge is 0.128 e. The summed E-state index contributed by atoms with van der Waals surface area (Å²) in [4.78, 5) is 6.79. The van der Waals surface area contributed by atoms with Gasteiger partial charge in [0.15, 0.2) is 0 Å². The number of hydrogen-bond donors (Lipinski definition) is 1. The van der Waals surface area contributed by atoms with Crippen molar-refractivity contribution in [3.63, 3.8) is 0 Å². The van der Waals surface area contributed by atoms with E-state index in [4.69, 9.17) is 10.5 Å². The van der Waals surface area contributed by atoms with E-state index < -0.39 is 0 Å². The molecule has 0 amide bonds. The summed E-state index contributed by atoms with van der Waals surface area (Å²) in [5, 5.41) is 0. The second-order valence-corrected chi connectivity index (χ2v) is 5.81. The van der Waals surface area contributed by atoms with E-state index in [1.165, 1.54) is 0 Å². The van der Waals surface area contributed by atoms with E-state index in [1.807, 2.05) is 19.2 Å². The second-order valence-electron chi connectivity index (χ2n) is 5.81. The van der Waals surface area contributed by atoms with Gasteiger partial charge >= 0.3 is 0 Å². The lowest BCUT2D eigenvalue weighted by molar-refractivity contribution is -0.0751. The average Bonchev–Trinajstić information content (AvgIpc) is 2.26. The van der Waals surface area contributed by atoms with Gasteiger partial charge in [-0.25, -0.2) is 4.98 Å². The van der Waals surface area contributed by atoms with Gasteiger partial charge in [0.2, 0.25) is 0 Å². The van der Waals surface area contributed by atoms with Gasteiger partial charge < -0.3 is 15.4 Å². The maximum Gasteiger partial charge on any atom is 0.128 e. The van der Waals surface area contributed by atoms with Crippen molar-refractivity contribution >= 4 is 5.82 Å². The van der Waals surface area contributed by atoms with Gasteiger partial charge in [-0.05, 0) is 39.3 Å². The molecule has 1 aromatic rings. The quantitative estimate of drug-likeness (QED) is 0.872. The Morgan fingerprint density at radius 2 is 2.22 bits per heavy atom. The molecule has 100 valence electrons. The molecule has 0 spiro atoms. The largest absolute Gasteiger partial charge is 0.369 e. The number of rotatable bonds is 2. The monoisotopic (exact) mass is 249 g/mol. The molecule has 1 fully saturated rings. The van der Waals surface area contributed by atoms with E-state index >= 15 is 0 Å². The standard InChI is InChI=1S/C14H23N3O/c1-10-8-17(9-14(3,4)18-10)13-6-5-12(7-16-13)11(2)15/h5-7,10-11H,8-9,15H2,1-4H3/t10?,11-/m1/s1. The fourth-order valence-electron chi connectivity index (χ4n) is 2.48. The van der Waals surface area contributed by atoms with Crippen LogP contribution in [0.2, 0.25) is 0 Å². The van der Waals surface area contributed by atoms with E-state index in [1.54, 1.807) is 0 Å². The first-order valence-electron chi connectivity index (χ1n) is 6.52. The van der Waals surface area contributed by atoms with Crippen LogP contribution in [0, 0.1) is 0 Å². The second kappa shape index (κ2) is 4.86. The molecular weight excluding hydrogens is 226 g/mol. The molecule has 1 aliphatic heterocycles. The summed E-state index contributed by atoms with van der Waals surface area (Å²) in [6.07, 6.45) is 2.09. The molecule has 18 heavy (non-hydrogen) atoms. The maximum absolute atomic E-state index is 5.90. The van der Waals surface area contributed by atoms with Gasteiger partial charge in [-0.1, -0.05) is 6.07 Å². The van der Waals surface area contributed by atoms with Crippen LogP contribution in [-0.2, 0) is 4.74 Å². The molecule has 2 rings (SSSR count). The Bertz CT molecular complexity index is 400. The predicted molar refractivity (Wildman–Crippen MR) is 73.7 cm³/mol. The zero-order valence-corrected chi connectivity index (χ0v) is 11.7. The number of hydrogen-bond acceptors (Lipinski definition) is 4. The van der Waals surface area contributed by atoms with Crippen LogP contribution < -0.4 is 10.6 Å². The summed E-state index contributed by atoms with van der Waals surface area (Å²) in [6, 6.07) is 4.14. The van der Waals surface area contributed by atoms with E-state index in [0.717, 1.165) is 24.5 Å². The summed E-state index contributed by atoms with van der Waals surface area (Å²) >= 11 is 0. The number of anilines is 1. The molecule has 1 unspecified atom stereocenters. The molecule has 2 atom stereocenters. The molecule has 2 N–H and O–H groups in total. The van der Waals surface area contributed by atoms with Crippen LogP contribution in [-0.4, -0.2) is 29.8 Å². The lowest BCUT2D eigenvalue weighted by Crippen LogP contribution is -2.52. The lowest BCUT2D eigenvalue weighted by Gasteiger charge is -2.42. The Morgan fingerprint density at radius 1 is 1.50 bits per heavy atom. The van der Waals surface area contributed by atoms with Crippen LogP contribution in [0.3, 0.4) is 0 Å². The number of nitrogens with zero attached hydrogens (tertiary/aromatic N) is 2. The van der Waals surface area contributed by atoms with Gasteiger partial charge in [-0.15, -0.1) is 0 Å². The third-order valence-electron chi connectivity index (χ3n) is 3.19. The van der Waals surface area contributed by atoms with E-state index in [9.17, 15) is 0 Å². The lowest BCUT2D eigenvalue weighted by atomic mass is 10.1. The van der Waals surface area contributed by atoms with Crippen molar-refractivity contribution in [1.82, 2.24) is 4.98 Å². The summed E-state index contributed by atoms with van der Waals surface area (Å²) < 4.78 is 5.90. The molecule has 1 aromatic heterocycles. The molecule has 0 radical (unpaired) electrons. The maximum atomic E-state index is 5.90. The highest BCUT2D eigenvalue weighted by Gasteiger charge is 2.31. The summed E-state index contributed by atoms with van der Waals surface area (Å²) in [5.74, 6) is 1.00. The molecule has 4 nitrogen and oxygen atoms in total. The van der Waals surface area contributed by atoms with Crippen LogP contribution in [0.4, 0.5) is 5.82 Å². The number of ether oxygens (including phenoxy) is 1. The van der Waals surface area contributed by atoms with Crippen molar-refractivity contribution in [1.29, 1.82) is 0 Å². The van der Waals surface area contributed by atoms with E-state index in [2.05, 4.69) is 36.7 Å². The molecule has 2 heterocycles. The molecule has 0 bridgehead atoms. The van der Waals surface area contributed by atoms with Gasteiger partial charge in [-0.3, -0.25) is 0 Å². The average molecular weight is 249 g/mol. The van der Waals surface area contributed by atoms with Gasteiger partial charge in [0.25, 0.3) is 0 Å². The topological polar surface area (TPSA) is 51.4 Å². The van der Waals surface area contributed by atoms with Crippen LogP contribution in [0.15, 0.2) is 18.3 Å². The van der Waals surface area contributed by atoms with Crippen molar-refractivity contribution in [2.24, 2.45) is 5.73 Å². The Kier molecular flexibility index (Phi) is 3.59. The van der Waals surface area contributed by atoms with Gasteiger partial charge in [-0.2, -0.15) is 0 Å². The Hall–Kier alpha value is -1.13. The third-order valence-corrected chi connectivity index (χ3v) is 3.19. The molecule has 1 saturated heterocycles. The normalized spacial score (nSPS) is 24.9. The van der Waals surface area contributed by atoms with E-state index in [-0.39, 0.29) is 17.7 Å². The van der Waals surface area contributed by atoms with Gasteiger partial charge in [0, 0.05) is 25.3 Å². The molecular formula is C14H23N3O. The Balaban J connectivity index is 2.15. The van der Waals surface area contributed by atoms with Crippen molar-refractivity contribution in [2.75, 3.05) is 18.0 Å². The fraction of sp³-hybridized carbons (Fsp3) is 0.643. The van der Waals surface area contributed by atoms with Crippen LogP contribution in [0.25, 0.3) is 0 Å². The summed E-state index contributed by atoms with van der Waals surface area (Å²) in [6.45, 7) is 10.1. The van der Waals surface area contributed by atoms with Crippen molar-refractivity contribution < 1.29 is 4.74 Å². The molecule has 0 aromatic carbocycles. The van der Waals surface area contributed by atoms with Crippen LogP contribution in [0.5, 0.6) is 0 Å². The summed E-state index contributed by atoms with van der Waals surface area (Å²) in [5.41, 5.74) is 6.78. The minimum Gasteiger partial charge on any atom is -0.369 e.